The van der Waals surface area contributed by atoms with E-state index in [4.69, 9.17) is 0 Å². The Labute approximate surface area is 147 Å². The largest absolute Gasteiger partial charge is 0.331 e. The molecule has 1 aliphatic heterocycles. The van der Waals surface area contributed by atoms with Crippen molar-refractivity contribution < 1.29 is 9.59 Å². The third kappa shape index (κ3) is 3.92. The SMILES string of the molecule is Cc1ccccc1NC(=O)C(C)SC1NC(=O)C2CCCCC2N1. The van der Waals surface area contributed by atoms with Gasteiger partial charge in [-0.25, -0.2) is 0 Å². The van der Waals surface area contributed by atoms with E-state index < -0.39 is 0 Å². The molecule has 1 saturated carbocycles. The first-order valence-corrected chi connectivity index (χ1v) is 9.57. The van der Waals surface area contributed by atoms with E-state index in [9.17, 15) is 9.59 Å². The van der Waals surface area contributed by atoms with Gasteiger partial charge in [0, 0.05) is 11.7 Å². The molecule has 2 aliphatic rings. The Bertz CT molecular complexity index is 622. The Morgan fingerprint density at radius 3 is 2.83 bits per heavy atom. The van der Waals surface area contributed by atoms with Crippen LogP contribution < -0.4 is 16.0 Å². The fourth-order valence-corrected chi connectivity index (χ4v) is 4.43. The van der Waals surface area contributed by atoms with Gasteiger partial charge >= 0.3 is 0 Å². The lowest BCUT2D eigenvalue weighted by molar-refractivity contribution is -0.129. The molecule has 2 amide bonds. The van der Waals surface area contributed by atoms with Gasteiger partial charge in [0.1, 0.15) is 5.50 Å². The van der Waals surface area contributed by atoms with E-state index in [1.165, 1.54) is 18.2 Å². The standard InChI is InChI=1S/C18H25N3O2S/c1-11-7-3-5-9-14(11)19-16(22)12(2)24-18-20-15-10-6-4-8-13(15)17(23)21-18/h3,5,7,9,12-13,15,18,20H,4,6,8,10H2,1-2H3,(H,19,22)(H,21,23). The maximum atomic E-state index is 12.4. The quantitative estimate of drug-likeness (QED) is 0.783. The number of fused-ring (bicyclic) bond motifs is 1. The molecule has 1 heterocycles. The zero-order valence-electron chi connectivity index (χ0n) is 14.2. The Hall–Kier alpha value is -1.53. The van der Waals surface area contributed by atoms with Crippen LogP contribution in [0, 0.1) is 12.8 Å². The molecule has 1 saturated heterocycles. The number of benzene rings is 1. The second-order valence-corrected chi connectivity index (χ2v) is 8.09. The van der Waals surface area contributed by atoms with Crippen molar-refractivity contribution in [2.45, 2.75) is 56.3 Å². The van der Waals surface area contributed by atoms with Crippen molar-refractivity contribution in [3.05, 3.63) is 29.8 Å². The Morgan fingerprint density at radius 1 is 1.29 bits per heavy atom. The molecule has 130 valence electrons. The lowest BCUT2D eigenvalue weighted by atomic mass is 9.83. The van der Waals surface area contributed by atoms with Crippen molar-refractivity contribution in [2.75, 3.05) is 5.32 Å². The normalized spacial score (nSPS) is 27.8. The van der Waals surface area contributed by atoms with E-state index in [1.807, 2.05) is 38.1 Å². The van der Waals surface area contributed by atoms with Crippen molar-refractivity contribution in [2.24, 2.45) is 5.92 Å². The fourth-order valence-electron chi connectivity index (χ4n) is 3.40. The highest BCUT2D eigenvalue weighted by molar-refractivity contribution is 8.01. The van der Waals surface area contributed by atoms with Crippen molar-refractivity contribution in [3.8, 4) is 0 Å². The lowest BCUT2D eigenvalue weighted by Gasteiger charge is -2.40. The maximum Gasteiger partial charge on any atom is 0.237 e. The van der Waals surface area contributed by atoms with Crippen molar-refractivity contribution in [3.63, 3.8) is 0 Å². The summed E-state index contributed by atoms with van der Waals surface area (Å²) in [6, 6.07) is 7.98. The van der Waals surface area contributed by atoms with Crippen LogP contribution >= 0.6 is 11.8 Å². The molecule has 5 nitrogen and oxygen atoms in total. The molecule has 1 aliphatic carbocycles. The number of hydrogen-bond acceptors (Lipinski definition) is 4. The second-order valence-electron chi connectivity index (χ2n) is 6.64. The number of hydrogen-bond donors (Lipinski definition) is 3. The highest BCUT2D eigenvalue weighted by Gasteiger charge is 2.38. The number of rotatable bonds is 4. The van der Waals surface area contributed by atoms with Gasteiger partial charge in [0.05, 0.1) is 11.2 Å². The molecule has 1 aromatic rings. The number of anilines is 1. The van der Waals surface area contributed by atoms with Gasteiger partial charge in [0.15, 0.2) is 0 Å². The summed E-state index contributed by atoms with van der Waals surface area (Å²) in [6.07, 6.45) is 4.30. The summed E-state index contributed by atoms with van der Waals surface area (Å²) in [6.45, 7) is 3.85. The first kappa shape index (κ1) is 17.3. The summed E-state index contributed by atoms with van der Waals surface area (Å²) in [5.74, 6) is 0.172. The topological polar surface area (TPSA) is 70.2 Å². The minimum Gasteiger partial charge on any atom is -0.331 e. The number of thioether (sulfide) groups is 1. The number of aryl methyl sites for hydroxylation is 1. The van der Waals surface area contributed by atoms with Crippen LogP contribution in [0.1, 0.15) is 38.2 Å². The van der Waals surface area contributed by atoms with Crippen LogP contribution in [0.2, 0.25) is 0 Å². The van der Waals surface area contributed by atoms with E-state index in [0.29, 0.717) is 0 Å². The molecule has 3 rings (SSSR count). The molecular formula is C18H25N3O2S. The molecule has 0 bridgehead atoms. The van der Waals surface area contributed by atoms with Crippen LogP contribution in [0.3, 0.4) is 0 Å². The molecule has 0 aromatic heterocycles. The van der Waals surface area contributed by atoms with Gasteiger partial charge in [-0.05, 0) is 38.3 Å². The lowest BCUT2D eigenvalue weighted by Crippen LogP contribution is -2.61. The summed E-state index contributed by atoms with van der Waals surface area (Å²) in [5, 5.41) is 9.21. The van der Waals surface area contributed by atoms with E-state index in [2.05, 4.69) is 16.0 Å². The number of carbonyl (C=O) groups is 2. The molecule has 6 heteroatoms. The number of carbonyl (C=O) groups excluding carboxylic acids is 2. The minimum atomic E-state index is -0.262. The van der Waals surface area contributed by atoms with Crippen LogP contribution in [-0.2, 0) is 9.59 Å². The summed E-state index contributed by atoms with van der Waals surface area (Å²) < 4.78 is 0. The molecule has 4 unspecified atom stereocenters. The Morgan fingerprint density at radius 2 is 2.04 bits per heavy atom. The molecule has 1 aromatic carbocycles. The van der Waals surface area contributed by atoms with Crippen LogP contribution in [0.25, 0.3) is 0 Å². The zero-order valence-corrected chi connectivity index (χ0v) is 15.0. The second kappa shape index (κ2) is 7.57. The summed E-state index contributed by atoms with van der Waals surface area (Å²) in [7, 11) is 0. The van der Waals surface area contributed by atoms with Crippen LogP contribution in [-0.4, -0.2) is 28.6 Å². The Balaban J connectivity index is 1.56. The molecule has 3 N–H and O–H groups in total. The van der Waals surface area contributed by atoms with E-state index >= 15 is 0 Å². The Kier molecular flexibility index (Phi) is 5.46. The van der Waals surface area contributed by atoms with E-state index in [-0.39, 0.29) is 34.5 Å². The molecule has 0 radical (unpaired) electrons. The molecule has 4 atom stereocenters. The van der Waals surface area contributed by atoms with E-state index in [1.54, 1.807) is 0 Å². The van der Waals surface area contributed by atoms with Crippen molar-refractivity contribution in [1.29, 1.82) is 0 Å². The molecule has 2 fully saturated rings. The summed E-state index contributed by atoms with van der Waals surface area (Å²) in [5.41, 5.74) is 1.68. The average molecular weight is 347 g/mol. The van der Waals surface area contributed by atoms with E-state index in [0.717, 1.165) is 30.5 Å². The highest BCUT2D eigenvalue weighted by atomic mass is 32.2. The molecule has 24 heavy (non-hydrogen) atoms. The highest BCUT2D eigenvalue weighted by Crippen LogP contribution is 2.30. The fraction of sp³-hybridized carbons (Fsp3) is 0.556. The summed E-state index contributed by atoms with van der Waals surface area (Å²) >= 11 is 1.46. The minimum absolute atomic E-state index is 0.0453. The van der Waals surface area contributed by atoms with Gasteiger partial charge in [0.2, 0.25) is 11.8 Å². The third-order valence-corrected chi connectivity index (χ3v) is 6.00. The molecular weight excluding hydrogens is 322 g/mol. The number of nitrogens with one attached hydrogen (secondary N) is 3. The van der Waals surface area contributed by atoms with Crippen molar-refractivity contribution >= 4 is 29.3 Å². The smallest absolute Gasteiger partial charge is 0.237 e. The monoisotopic (exact) mass is 347 g/mol. The van der Waals surface area contributed by atoms with Gasteiger partial charge in [-0.3, -0.25) is 14.9 Å². The van der Waals surface area contributed by atoms with Crippen LogP contribution in [0.4, 0.5) is 5.69 Å². The van der Waals surface area contributed by atoms with Crippen LogP contribution in [0.5, 0.6) is 0 Å². The maximum absolute atomic E-state index is 12.4. The van der Waals surface area contributed by atoms with Gasteiger partial charge < -0.3 is 10.6 Å². The molecule has 0 spiro atoms. The number of para-hydroxylation sites is 1. The van der Waals surface area contributed by atoms with Crippen molar-refractivity contribution in [1.82, 2.24) is 10.6 Å². The first-order valence-electron chi connectivity index (χ1n) is 8.63. The van der Waals surface area contributed by atoms with Gasteiger partial charge in [0.25, 0.3) is 0 Å². The average Bonchev–Trinajstić information content (AvgIpc) is 2.57. The van der Waals surface area contributed by atoms with Gasteiger partial charge in [-0.15, -0.1) is 11.8 Å². The number of amides is 2. The third-order valence-electron chi connectivity index (χ3n) is 4.85. The van der Waals surface area contributed by atoms with Crippen LogP contribution in [0.15, 0.2) is 24.3 Å². The van der Waals surface area contributed by atoms with Gasteiger partial charge in [-0.2, -0.15) is 0 Å². The first-order chi connectivity index (χ1) is 11.5. The van der Waals surface area contributed by atoms with Gasteiger partial charge in [-0.1, -0.05) is 31.0 Å². The zero-order chi connectivity index (χ0) is 17.1. The predicted octanol–water partition coefficient (Wildman–Crippen LogP) is 2.62. The summed E-state index contributed by atoms with van der Waals surface area (Å²) in [4.78, 5) is 24.7. The predicted molar refractivity (Wildman–Crippen MR) is 97.7 cm³/mol.